The van der Waals surface area contributed by atoms with Crippen LogP contribution in [0.15, 0.2) is 71.4 Å². The number of carbonyl (C=O) groups is 3. The number of anilines is 1. The van der Waals surface area contributed by atoms with E-state index in [4.69, 9.17) is 4.52 Å². The molecular formula is C31H38N4O4. The quantitative estimate of drug-likeness (QED) is 0.300. The fourth-order valence-corrected chi connectivity index (χ4v) is 5.18. The van der Waals surface area contributed by atoms with Gasteiger partial charge in [0.1, 0.15) is 12.1 Å². The summed E-state index contributed by atoms with van der Waals surface area (Å²) in [7, 11) is 0. The second-order valence-corrected chi connectivity index (χ2v) is 10.4. The first-order chi connectivity index (χ1) is 19.0. The smallest absolute Gasteiger partial charge is 0.290 e. The predicted octanol–water partition coefficient (Wildman–Crippen LogP) is 5.58. The average Bonchev–Trinajstić information content (AvgIpc) is 3.52. The van der Waals surface area contributed by atoms with E-state index >= 15 is 0 Å². The molecule has 206 valence electrons. The van der Waals surface area contributed by atoms with Crippen molar-refractivity contribution < 1.29 is 18.9 Å². The summed E-state index contributed by atoms with van der Waals surface area (Å²) < 4.78 is 5.00. The molecule has 39 heavy (non-hydrogen) atoms. The van der Waals surface area contributed by atoms with Crippen LogP contribution in [0.3, 0.4) is 0 Å². The van der Waals surface area contributed by atoms with Gasteiger partial charge in [-0.1, -0.05) is 106 Å². The SMILES string of the molecule is CC[C@H](C)[C@H](NC(=O)[C@H](CC1CCCCC1)NC(=O)c1ccno1)C(=O)Nc1ccccc1-c1ccccc1. The summed E-state index contributed by atoms with van der Waals surface area (Å²) in [5.41, 5.74) is 2.56. The number of hydrogen-bond donors (Lipinski definition) is 3. The lowest BCUT2D eigenvalue weighted by Gasteiger charge is -2.29. The molecule has 1 aromatic heterocycles. The highest BCUT2D eigenvalue weighted by Crippen LogP contribution is 2.29. The van der Waals surface area contributed by atoms with E-state index in [0.29, 0.717) is 24.4 Å². The largest absolute Gasteiger partial charge is 0.351 e. The van der Waals surface area contributed by atoms with Crippen LogP contribution in [0.4, 0.5) is 5.69 Å². The second kappa shape index (κ2) is 13.7. The van der Waals surface area contributed by atoms with Crippen molar-refractivity contribution in [1.29, 1.82) is 0 Å². The number of nitrogens with zero attached hydrogens (tertiary/aromatic N) is 1. The van der Waals surface area contributed by atoms with Gasteiger partial charge in [-0.25, -0.2) is 0 Å². The number of hydrogen-bond acceptors (Lipinski definition) is 5. The maximum Gasteiger partial charge on any atom is 0.290 e. The van der Waals surface area contributed by atoms with Gasteiger partial charge < -0.3 is 20.5 Å². The van der Waals surface area contributed by atoms with Crippen LogP contribution in [0.25, 0.3) is 11.1 Å². The Labute approximate surface area is 229 Å². The van der Waals surface area contributed by atoms with Gasteiger partial charge in [0.2, 0.25) is 17.6 Å². The Morgan fingerprint density at radius 1 is 0.923 bits per heavy atom. The van der Waals surface area contributed by atoms with E-state index in [9.17, 15) is 14.4 Å². The molecule has 2 aromatic carbocycles. The zero-order valence-corrected chi connectivity index (χ0v) is 22.7. The molecule has 0 saturated heterocycles. The van der Waals surface area contributed by atoms with Crippen LogP contribution in [0, 0.1) is 11.8 Å². The average molecular weight is 531 g/mol. The lowest BCUT2D eigenvalue weighted by molar-refractivity contribution is -0.129. The number of aromatic nitrogens is 1. The first-order valence-corrected chi connectivity index (χ1v) is 13.9. The Balaban J connectivity index is 1.52. The molecule has 4 rings (SSSR count). The molecule has 0 spiro atoms. The first-order valence-electron chi connectivity index (χ1n) is 13.9. The molecule has 3 atom stereocenters. The van der Waals surface area contributed by atoms with E-state index in [1.165, 1.54) is 18.7 Å². The molecule has 1 aliphatic rings. The van der Waals surface area contributed by atoms with Crippen molar-refractivity contribution >= 4 is 23.4 Å². The monoisotopic (exact) mass is 530 g/mol. The van der Waals surface area contributed by atoms with Gasteiger partial charge in [0.15, 0.2) is 0 Å². The molecule has 8 heteroatoms. The highest BCUT2D eigenvalue weighted by atomic mass is 16.5. The number of para-hydroxylation sites is 1. The highest BCUT2D eigenvalue weighted by molar-refractivity contribution is 6.01. The molecule has 1 saturated carbocycles. The molecule has 0 aliphatic heterocycles. The fraction of sp³-hybridized carbons (Fsp3) is 0.419. The van der Waals surface area contributed by atoms with Gasteiger partial charge in [-0.05, 0) is 29.9 Å². The van der Waals surface area contributed by atoms with Gasteiger partial charge in [-0.15, -0.1) is 0 Å². The minimum absolute atomic E-state index is 0.0465. The summed E-state index contributed by atoms with van der Waals surface area (Å²) in [5.74, 6) is -0.907. The molecule has 3 N–H and O–H groups in total. The summed E-state index contributed by atoms with van der Waals surface area (Å²) in [6.45, 7) is 3.93. The number of benzene rings is 2. The zero-order chi connectivity index (χ0) is 27.6. The van der Waals surface area contributed by atoms with Crippen molar-refractivity contribution in [3.05, 3.63) is 72.6 Å². The molecule has 0 unspecified atom stereocenters. The minimum Gasteiger partial charge on any atom is -0.351 e. The van der Waals surface area contributed by atoms with Crippen molar-refractivity contribution in [2.45, 2.75) is 70.9 Å². The molecule has 1 fully saturated rings. The lowest BCUT2D eigenvalue weighted by Crippen LogP contribution is -2.55. The molecule has 8 nitrogen and oxygen atoms in total. The Kier molecular flexibility index (Phi) is 9.89. The van der Waals surface area contributed by atoms with E-state index < -0.39 is 18.0 Å². The van der Waals surface area contributed by atoms with Crippen LogP contribution in [0.2, 0.25) is 0 Å². The third kappa shape index (κ3) is 7.56. The van der Waals surface area contributed by atoms with Crippen LogP contribution in [-0.4, -0.2) is 35.0 Å². The maximum absolute atomic E-state index is 13.6. The Morgan fingerprint density at radius 3 is 2.33 bits per heavy atom. The van der Waals surface area contributed by atoms with Crippen LogP contribution >= 0.6 is 0 Å². The summed E-state index contributed by atoms with van der Waals surface area (Å²) >= 11 is 0. The van der Waals surface area contributed by atoms with E-state index in [0.717, 1.165) is 36.8 Å². The van der Waals surface area contributed by atoms with E-state index in [-0.39, 0.29) is 23.5 Å². The summed E-state index contributed by atoms with van der Waals surface area (Å²) in [4.78, 5) is 40.0. The number of rotatable bonds is 11. The van der Waals surface area contributed by atoms with Gasteiger partial charge in [-0.2, -0.15) is 0 Å². The zero-order valence-electron chi connectivity index (χ0n) is 22.7. The van der Waals surface area contributed by atoms with E-state index in [1.807, 2.05) is 68.4 Å². The van der Waals surface area contributed by atoms with Crippen molar-refractivity contribution in [1.82, 2.24) is 15.8 Å². The fourth-order valence-electron chi connectivity index (χ4n) is 5.18. The molecule has 3 amide bonds. The van der Waals surface area contributed by atoms with E-state index in [1.54, 1.807) is 0 Å². The van der Waals surface area contributed by atoms with Gasteiger partial charge in [-0.3, -0.25) is 14.4 Å². The van der Waals surface area contributed by atoms with Crippen LogP contribution in [0.5, 0.6) is 0 Å². The Bertz CT molecular complexity index is 1220. The van der Waals surface area contributed by atoms with Crippen LogP contribution in [0.1, 0.15) is 69.3 Å². The maximum atomic E-state index is 13.6. The standard InChI is InChI=1S/C31H38N4O4/c1-3-21(2)28(31(38)33-25-17-11-10-16-24(25)23-14-8-5-9-15-23)35-29(36)26(20-22-12-6-4-7-13-22)34-30(37)27-18-19-32-39-27/h5,8-11,14-19,21-22,26,28H,3-4,6-7,12-13,20H2,1-2H3,(H,33,38)(H,34,37)(H,35,36)/t21-,26-,28-/m0/s1. The topological polar surface area (TPSA) is 113 Å². The van der Waals surface area contributed by atoms with Crippen molar-refractivity contribution in [3.63, 3.8) is 0 Å². The Hall–Kier alpha value is -3.94. The third-order valence-corrected chi connectivity index (χ3v) is 7.64. The number of carbonyl (C=O) groups excluding carboxylic acids is 3. The Morgan fingerprint density at radius 2 is 1.64 bits per heavy atom. The number of amides is 3. The summed E-state index contributed by atoms with van der Waals surface area (Å²) in [6, 6.07) is 17.4. The predicted molar refractivity (Wildman–Crippen MR) is 151 cm³/mol. The van der Waals surface area contributed by atoms with Crippen LogP contribution in [-0.2, 0) is 9.59 Å². The molecule has 0 radical (unpaired) electrons. The summed E-state index contributed by atoms with van der Waals surface area (Å²) in [6.07, 6.45) is 8.07. The highest BCUT2D eigenvalue weighted by Gasteiger charge is 2.32. The normalized spacial score (nSPS) is 16.1. The molecule has 1 aliphatic carbocycles. The molecular weight excluding hydrogens is 492 g/mol. The van der Waals surface area contributed by atoms with E-state index in [2.05, 4.69) is 21.1 Å². The molecule has 3 aromatic rings. The lowest BCUT2D eigenvalue weighted by atomic mass is 9.84. The molecule has 1 heterocycles. The molecule has 0 bridgehead atoms. The van der Waals surface area contributed by atoms with Gasteiger partial charge >= 0.3 is 0 Å². The third-order valence-electron chi connectivity index (χ3n) is 7.64. The van der Waals surface area contributed by atoms with Gasteiger partial charge in [0, 0.05) is 17.3 Å². The number of nitrogens with one attached hydrogen (secondary N) is 3. The van der Waals surface area contributed by atoms with Gasteiger partial charge in [0.25, 0.3) is 5.91 Å². The van der Waals surface area contributed by atoms with Crippen molar-refractivity contribution in [3.8, 4) is 11.1 Å². The van der Waals surface area contributed by atoms with Crippen molar-refractivity contribution in [2.24, 2.45) is 11.8 Å². The van der Waals surface area contributed by atoms with Gasteiger partial charge in [0.05, 0.1) is 6.20 Å². The summed E-state index contributed by atoms with van der Waals surface area (Å²) in [5, 5.41) is 12.5. The van der Waals surface area contributed by atoms with Crippen LogP contribution < -0.4 is 16.0 Å². The second-order valence-electron chi connectivity index (χ2n) is 10.4. The first kappa shape index (κ1) is 28.1. The minimum atomic E-state index is -0.790. The van der Waals surface area contributed by atoms with Crippen molar-refractivity contribution in [2.75, 3.05) is 5.32 Å².